The summed E-state index contributed by atoms with van der Waals surface area (Å²) in [5.41, 5.74) is -2.14. The minimum atomic E-state index is -4.68. The lowest BCUT2D eigenvalue weighted by Gasteiger charge is -2.34. The molecule has 5 rings (SSSR count). The van der Waals surface area contributed by atoms with Crippen LogP contribution in [0, 0.1) is 0 Å². The second-order valence-electron chi connectivity index (χ2n) is 10.7. The van der Waals surface area contributed by atoms with Crippen LogP contribution in [0.1, 0.15) is 38.1 Å². The summed E-state index contributed by atoms with van der Waals surface area (Å²) in [7, 11) is 2.78. The van der Waals surface area contributed by atoms with Gasteiger partial charge in [0.25, 0.3) is 5.56 Å². The van der Waals surface area contributed by atoms with Crippen molar-refractivity contribution in [3.8, 4) is 0 Å². The molecule has 0 aliphatic carbocycles. The Morgan fingerprint density at radius 3 is 2.56 bits per heavy atom. The van der Waals surface area contributed by atoms with Gasteiger partial charge in [-0.15, -0.1) is 0 Å². The molecule has 4 heterocycles. The molecule has 1 aliphatic heterocycles. The van der Waals surface area contributed by atoms with Crippen molar-refractivity contribution in [1.29, 1.82) is 0 Å². The van der Waals surface area contributed by atoms with Gasteiger partial charge in [-0.3, -0.25) is 18.7 Å². The maximum Gasteiger partial charge on any atom is 0.449 e. The zero-order valence-corrected chi connectivity index (χ0v) is 22.7. The quantitative estimate of drug-likeness (QED) is 0.363. The number of rotatable bonds is 5. The first-order valence-corrected chi connectivity index (χ1v) is 13.0. The van der Waals surface area contributed by atoms with Crippen LogP contribution in [0.2, 0.25) is 0 Å². The van der Waals surface area contributed by atoms with E-state index in [4.69, 9.17) is 0 Å². The van der Waals surface area contributed by atoms with E-state index in [9.17, 15) is 37.8 Å². The van der Waals surface area contributed by atoms with E-state index in [-0.39, 0.29) is 55.6 Å². The van der Waals surface area contributed by atoms with Gasteiger partial charge >= 0.3 is 11.9 Å². The van der Waals surface area contributed by atoms with E-state index in [1.54, 1.807) is 12.1 Å². The third-order valence-electron chi connectivity index (χ3n) is 7.73. The molecule has 3 atom stereocenters. The second-order valence-corrected chi connectivity index (χ2v) is 10.7. The molecule has 1 fully saturated rings. The molecule has 0 spiro atoms. The molecule has 3 aromatic heterocycles. The van der Waals surface area contributed by atoms with Crippen LogP contribution in [0.25, 0.3) is 22.2 Å². The van der Waals surface area contributed by atoms with Crippen molar-refractivity contribution in [2.24, 2.45) is 14.1 Å². The van der Waals surface area contributed by atoms with Gasteiger partial charge in [0.05, 0.1) is 35.1 Å². The van der Waals surface area contributed by atoms with Crippen molar-refractivity contribution >= 4 is 28.1 Å². The van der Waals surface area contributed by atoms with E-state index in [2.05, 4.69) is 9.97 Å². The number of imidazole rings is 2. The predicted octanol–water partition coefficient (Wildman–Crippen LogP) is 1.17. The zero-order chi connectivity index (χ0) is 29.9. The lowest BCUT2D eigenvalue weighted by molar-refractivity contribution is -0.147. The van der Waals surface area contributed by atoms with Crippen LogP contribution in [-0.2, 0) is 31.6 Å². The normalized spacial score (nSPS) is 22.0. The first-order valence-electron chi connectivity index (χ1n) is 13.0. The molecule has 4 aromatic rings. The van der Waals surface area contributed by atoms with Crippen LogP contribution in [0.5, 0.6) is 0 Å². The standard InChI is InChI=1S/C26H30F3N7O5/c1-25(41)11-15(37)12-34(13-18(25)36-14-30-21-20(36)22(39)33(3)24(40)32(21)2)19(38)9-6-10-35-17-8-5-4-7-16(17)31-23(35)26(27,28)29/h4-5,7-8,14-15,18,37,41H,6,9-13H2,1-3H3/t15-,18+,25+/m1/s1. The van der Waals surface area contributed by atoms with Crippen molar-refractivity contribution in [2.45, 2.75) is 56.7 Å². The largest absolute Gasteiger partial charge is 0.449 e. The predicted molar refractivity (Wildman–Crippen MR) is 141 cm³/mol. The van der Waals surface area contributed by atoms with Crippen LogP contribution in [-0.4, -0.2) is 74.1 Å². The number of aryl methyl sites for hydroxylation is 2. The topological polar surface area (TPSA) is 140 Å². The van der Waals surface area contributed by atoms with Gasteiger partial charge in [-0.2, -0.15) is 13.2 Å². The smallest absolute Gasteiger partial charge is 0.391 e. The number of carbonyl (C=O) groups is 1. The Morgan fingerprint density at radius 1 is 1.15 bits per heavy atom. The minimum Gasteiger partial charge on any atom is -0.391 e. The molecule has 0 radical (unpaired) electrons. The SMILES string of the molecule is Cn1c(=O)c2c(ncn2[C@H]2CN(C(=O)CCCn3c(C(F)(F)F)nc4ccccc43)C[C@H](O)C[C@]2(C)O)n(C)c1=O. The number of β-amino-alcohol motifs (C(OH)–C–C–N with tert-alkyl or cyclic N) is 1. The Balaban J connectivity index is 1.41. The third kappa shape index (κ3) is 5.03. The number of aromatic nitrogens is 6. The molecule has 1 aromatic carbocycles. The number of benzene rings is 1. The Bertz CT molecular complexity index is 1750. The Hall–Kier alpha value is -3.98. The molecule has 41 heavy (non-hydrogen) atoms. The fourth-order valence-corrected chi connectivity index (χ4v) is 5.67. The highest BCUT2D eigenvalue weighted by Crippen LogP contribution is 2.34. The Labute approximate surface area is 230 Å². The van der Waals surface area contributed by atoms with Gasteiger partial charge < -0.3 is 24.2 Å². The van der Waals surface area contributed by atoms with Crippen LogP contribution in [0.4, 0.5) is 13.2 Å². The van der Waals surface area contributed by atoms with Crippen molar-refractivity contribution in [1.82, 2.24) is 33.1 Å². The fourth-order valence-electron chi connectivity index (χ4n) is 5.67. The second kappa shape index (κ2) is 10.1. The number of alkyl halides is 3. The fraction of sp³-hybridized carbons (Fsp3) is 0.500. The highest BCUT2D eigenvalue weighted by Gasteiger charge is 2.42. The lowest BCUT2D eigenvalue weighted by atomic mass is 9.91. The third-order valence-corrected chi connectivity index (χ3v) is 7.73. The molecule has 0 bridgehead atoms. The molecule has 220 valence electrons. The average Bonchev–Trinajstić information content (AvgIpc) is 3.47. The number of amides is 1. The molecule has 12 nitrogen and oxygen atoms in total. The van der Waals surface area contributed by atoms with E-state index in [1.165, 1.54) is 53.5 Å². The number of fused-ring (bicyclic) bond motifs is 2. The van der Waals surface area contributed by atoms with Crippen LogP contribution in [0.3, 0.4) is 0 Å². The summed E-state index contributed by atoms with van der Waals surface area (Å²) in [6.45, 7) is 1.14. The minimum absolute atomic E-state index is 0.0512. The van der Waals surface area contributed by atoms with Crippen molar-refractivity contribution in [3.05, 3.63) is 57.3 Å². The first-order chi connectivity index (χ1) is 19.2. The van der Waals surface area contributed by atoms with Crippen LogP contribution in [0.15, 0.2) is 40.2 Å². The summed E-state index contributed by atoms with van der Waals surface area (Å²) in [4.78, 5) is 48.0. The number of hydrogen-bond donors (Lipinski definition) is 2. The average molecular weight is 578 g/mol. The van der Waals surface area contributed by atoms with Gasteiger partial charge in [-0.1, -0.05) is 12.1 Å². The number of halogens is 3. The van der Waals surface area contributed by atoms with E-state index in [0.717, 1.165) is 9.13 Å². The number of hydrogen-bond acceptors (Lipinski definition) is 7. The molecule has 1 aliphatic rings. The van der Waals surface area contributed by atoms with E-state index < -0.39 is 46.9 Å². The molecule has 15 heteroatoms. The molecule has 0 saturated carbocycles. The summed E-state index contributed by atoms with van der Waals surface area (Å²) in [5, 5.41) is 22.0. The number of para-hydroxylation sites is 2. The zero-order valence-electron chi connectivity index (χ0n) is 22.7. The summed E-state index contributed by atoms with van der Waals surface area (Å²) in [6, 6.07) is 5.31. The van der Waals surface area contributed by atoms with Crippen molar-refractivity contribution in [3.63, 3.8) is 0 Å². The monoisotopic (exact) mass is 577 g/mol. The van der Waals surface area contributed by atoms with Gasteiger partial charge in [0.1, 0.15) is 0 Å². The van der Waals surface area contributed by atoms with Gasteiger partial charge in [0.15, 0.2) is 11.2 Å². The van der Waals surface area contributed by atoms with E-state index >= 15 is 0 Å². The molecule has 0 unspecified atom stereocenters. The maximum absolute atomic E-state index is 13.7. The van der Waals surface area contributed by atoms with Crippen molar-refractivity contribution in [2.75, 3.05) is 13.1 Å². The number of aliphatic hydroxyl groups excluding tert-OH is 1. The van der Waals surface area contributed by atoms with Gasteiger partial charge in [-0.05, 0) is 25.5 Å². The maximum atomic E-state index is 13.7. The van der Waals surface area contributed by atoms with Crippen molar-refractivity contribution < 1.29 is 28.2 Å². The first kappa shape index (κ1) is 28.5. The number of nitrogens with zero attached hydrogens (tertiary/aromatic N) is 7. The summed E-state index contributed by atoms with van der Waals surface area (Å²) in [6.07, 6.45) is -4.66. The van der Waals surface area contributed by atoms with Crippen LogP contribution >= 0.6 is 0 Å². The number of likely N-dealkylation sites (tertiary alicyclic amines) is 1. The summed E-state index contributed by atoms with van der Waals surface area (Å²) in [5.74, 6) is -1.48. The van der Waals surface area contributed by atoms with Gasteiger partial charge in [-0.25, -0.2) is 14.8 Å². The molecular formula is C26H30F3N7O5. The Morgan fingerprint density at radius 2 is 1.85 bits per heavy atom. The highest BCUT2D eigenvalue weighted by atomic mass is 19.4. The summed E-state index contributed by atoms with van der Waals surface area (Å²) >= 11 is 0. The van der Waals surface area contributed by atoms with Gasteiger partial charge in [0.2, 0.25) is 11.7 Å². The van der Waals surface area contributed by atoms with Crippen LogP contribution < -0.4 is 11.2 Å². The van der Waals surface area contributed by atoms with E-state index in [1.807, 2.05) is 0 Å². The van der Waals surface area contributed by atoms with Gasteiger partial charge in [0, 0.05) is 46.6 Å². The van der Waals surface area contributed by atoms with E-state index in [0.29, 0.717) is 5.52 Å². The molecule has 2 N–H and O–H groups in total. The lowest BCUT2D eigenvalue weighted by Crippen LogP contribution is -2.44. The molecular weight excluding hydrogens is 547 g/mol. The Kier molecular flexibility index (Phi) is 7.06. The number of aliphatic hydroxyl groups is 2. The molecule has 1 saturated heterocycles. The molecule has 1 amide bonds. The summed E-state index contributed by atoms with van der Waals surface area (Å²) < 4.78 is 45.5. The highest BCUT2D eigenvalue weighted by molar-refractivity contribution is 5.77. The number of carbonyl (C=O) groups excluding carboxylic acids is 1.